The van der Waals surface area contributed by atoms with Crippen molar-refractivity contribution >= 4 is 52.8 Å². The van der Waals surface area contributed by atoms with E-state index in [0.717, 1.165) is 12.1 Å². The Morgan fingerprint density at radius 1 is 1.02 bits per heavy atom. The number of allylic oxidation sites excluding steroid dienone is 1. The van der Waals surface area contributed by atoms with E-state index in [2.05, 4.69) is 11.9 Å². The van der Waals surface area contributed by atoms with Crippen molar-refractivity contribution in [1.29, 1.82) is 0 Å². The molecule has 1 amide bonds. The zero-order valence-corrected chi connectivity index (χ0v) is 22.5. The van der Waals surface area contributed by atoms with Crippen LogP contribution < -0.4 is 5.32 Å². The predicted octanol–water partition coefficient (Wildman–Crippen LogP) is 9.73. The fourth-order valence-corrected chi connectivity index (χ4v) is 4.87. The molecule has 0 spiro atoms. The zero-order valence-electron chi connectivity index (χ0n) is 20.2. The van der Waals surface area contributed by atoms with Crippen molar-refractivity contribution in [3.05, 3.63) is 80.8 Å². The van der Waals surface area contributed by atoms with E-state index in [1.165, 1.54) is 13.0 Å². The Kier molecular flexibility index (Phi) is 11.1. The van der Waals surface area contributed by atoms with Gasteiger partial charge in [0.15, 0.2) is 0 Å². The third kappa shape index (κ3) is 9.34. The van der Waals surface area contributed by atoms with Crippen molar-refractivity contribution < 1.29 is 48.7 Å². The molecule has 220 valence electrons. The van der Waals surface area contributed by atoms with Gasteiger partial charge in [0, 0.05) is 33.0 Å². The number of hydrogen-bond acceptors (Lipinski definition) is 2. The van der Waals surface area contributed by atoms with Crippen molar-refractivity contribution in [3.63, 3.8) is 0 Å². The van der Waals surface area contributed by atoms with Crippen LogP contribution in [0.1, 0.15) is 45.5 Å². The highest BCUT2D eigenvalue weighted by atomic mass is 35.5. The van der Waals surface area contributed by atoms with Gasteiger partial charge in [0.25, 0.3) is 5.91 Å². The van der Waals surface area contributed by atoms with Crippen LogP contribution in [0.25, 0.3) is 11.9 Å². The first-order valence-electron chi connectivity index (χ1n) is 11.0. The maximum Gasteiger partial charge on any atom is 0.417 e. The summed E-state index contributed by atoms with van der Waals surface area (Å²) < 4.78 is 135. The van der Waals surface area contributed by atoms with Gasteiger partial charge < -0.3 is 5.32 Å². The first-order valence-corrected chi connectivity index (χ1v) is 12.9. The number of rotatable bonds is 9. The van der Waals surface area contributed by atoms with Crippen molar-refractivity contribution in [3.8, 4) is 0 Å². The number of thioether (sulfide) groups is 1. The average molecular weight is 642 g/mol. The van der Waals surface area contributed by atoms with E-state index in [4.69, 9.17) is 23.2 Å². The minimum Gasteiger partial charge on any atom is -0.349 e. The number of alkyl halides is 9. The first kappa shape index (κ1) is 33.8. The van der Waals surface area contributed by atoms with Crippen LogP contribution in [0.5, 0.6) is 0 Å². The normalized spacial score (nSPS) is 14.6. The lowest BCUT2D eigenvalue weighted by Crippen LogP contribution is -2.35. The summed E-state index contributed by atoms with van der Waals surface area (Å²) in [5.74, 6) is -7.17. The van der Waals surface area contributed by atoms with Crippen molar-refractivity contribution in [2.45, 2.75) is 37.4 Å². The molecule has 2 aromatic rings. The molecule has 2 rings (SSSR count). The monoisotopic (exact) mass is 641 g/mol. The van der Waals surface area contributed by atoms with Gasteiger partial charge in [-0.2, -0.15) is 51.3 Å². The largest absolute Gasteiger partial charge is 0.417 e. The van der Waals surface area contributed by atoms with E-state index in [9.17, 15) is 44.3 Å². The highest BCUT2D eigenvalue weighted by Gasteiger charge is 2.41. The summed E-state index contributed by atoms with van der Waals surface area (Å²) in [5, 5.41) is 1.68. The van der Waals surface area contributed by atoms with Crippen LogP contribution in [0.3, 0.4) is 0 Å². The summed E-state index contributed by atoms with van der Waals surface area (Å²) in [4.78, 5) is 12.4. The topological polar surface area (TPSA) is 29.1 Å². The quantitative estimate of drug-likeness (QED) is 0.276. The van der Waals surface area contributed by atoms with Gasteiger partial charge in [0.1, 0.15) is 11.7 Å². The number of halogens is 12. The lowest BCUT2D eigenvalue weighted by atomic mass is 9.94. The molecule has 0 aliphatic rings. The van der Waals surface area contributed by atoms with Crippen molar-refractivity contribution in [2.24, 2.45) is 0 Å². The van der Waals surface area contributed by atoms with E-state index in [1.54, 1.807) is 0 Å². The molecular weight excluding hydrogens is 623 g/mol. The first-order chi connectivity index (χ1) is 18.2. The van der Waals surface area contributed by atoms with E-state index in [-0.39, 0.29) is 33.5 Å². The predicted molar refractivity (Wildman–Crippen MR) is 136 cm³/mol. The molecule has 0 unspecified atom stereocenters. The SMILES string of the molecule is C=Cc1c(Cl)cc([C@@H](/C=C(\F)c2ccc(C(=O)N[C@H](C)CSCC(F)(F)F)c(C(F)(F)F)c2)C(F)(F)F)cc1Cl. The van der Waals surface area contributed by atoms with Gasteiger partial charge in [-0.3, -0.25) is 4.79 Å². The molecule has 0 bridgehead atoms. The number of amides is 1. The van der Waals surface area contributed by atoms with Gasteiger partial charge in [-0.25, -0.2) is 4.39 Å². The lowest BCUT2D eigenvalue weighted by molar-refractivity contribution is -0.140. The van der Waals surface area contributed by atoms with Crippen LogP contribution in [0.4, 0.5) is 43.9 Å². The smallest absolute Gasteiger partial charge is 0.349 e. The molecule has 2 aromatic carbocycles. The average Bonchev–Trinajstić information content (AvgIpc) is 2.79. The molecule has 0 saturated heterocycles. The second-order valence-electron chi connectivity index (χ2n) is 8.40. The summed E-state index contributed by atoms with van der Waals surface area (Å²) in [5.41, 5.74) is -4.04. The number of carbonyl (C=O) groups excluding carboxylic acids is 1. The molecule has 40 heavy (non-hydrogen) atoms. The van der Waals surface area contributed by atoms with Crippen molar-refractivity contribution in [2.75, 3.05) is 11.5 Å². The number of nitrogens with one attached hydrogen (secondary N) is 1. The van der Waals surface area contributed by atoms with Gasteiger partial charge >= 0.3 is 18.5 Å². The Bertz CT molecular complexity index is 1250. The Labute approximate surface area is 236 Å². The summed E-state index contributed by atoms with van der Waals surface area (Å²) in [6, 6.07) is 2.16. The van der Waals surface area contributed by atoms with Crippen LogP contribution in [0, 0.1) is 0 Å². The maximum absolute atomic E-state index is 15.0. The second-order valence-corrected chi connectivity index (χ2v) is 10.2. The fourth-order valence-electron chi connectivity index (χ4n) is 3.42. The summed E-state index contributed by atoms with van der Waals surface area (Å²) in [6.07, 6.45) is -13.6. The molecule has 0 saturated carbocycles. The number of benzene rings is 2. The molecule has 0 heterocycles. The molecule has 0 aliphatic heterocycles. The third-order valence-electron chi connectivity index (χ3n) is 5.19. The molecular formula is C25H19Cl2F10NOS. The van der Waals surface area contributed by atoms with E-state index < -0.39 is 70.2 Å². The number of hydrogen-bond donors (Lipinski definition) is 1. The molecule has 0 aliphatic carbocycles. The molecule has 0 aromatic heterocycles. The minimum absolute atomic E-state index is 0.0464. The van der Waals surface area contributed by atoms with E-state index >= 15 is 4.39 Å². The number of carbonyl (C=O) groups is 1. The highest BCUT2D eigenvalue weighted by Crippen LogP contribution is 2.42. The Morgan fingerprint density at radius 2 is 1.60 bits per heavy atom. The van der Waals surface area contributed by atoms with E-state index in [1.807, 2.05) is 0 Å². The zero-order chi connectivity index (χ0) is 30.6. The Morgan fingerprint density at radius 3 is 2.08 bits per heavy atom. The van der Waals surface area contributed by atoms with Gasteiger partial charge in [-0.05, 0) is 42.8 Å². The molecule has 1 N–H and O–H groups in total. The van der Waals surface area contributed by atoms with Crippen LogP contribution in [-0.2, 0) is 6.18 Å². The van der Waals surface area contributed by atoms with Crippen molar-refractivity contribution in [1.82, 2.24) is 5.32 Å². The van der Waals surface area contributed by atoms with Crippen LogP contribution >= 0.6 is 35.0 Å². The molecule has 2 nitrogen and oxygen atoms in total. The Hall–Kier alpha value is -2.38. The molecule has 2 atom stereocenters. The van der Waals surface area contributed by atoms with Crippen LogP contribution in [-0.4, -0.2) is 35.8 Å². The highest BCUT2D eigenvalue weighted by molar-refractivity contribution is 7.99. The maximum atomic E-state index is 15.0. The van der Waals surface area contributed by atoms with Crippen LogP contribution in [0.15, 0.2) is 43.0 Å². The Balaban J connectivity index is 2.44. The summed E-state index contributed by atoms with van der Waals surface area (Å²) in [7, 11) is 0. The molecule has 0 fully saturated rings. The standard InChI is InChI=1S/C25H19Cl2F10NOS/c1-3-15-19(26)7-14(8-20(15)27)17(24(32,33)34)9-21(28)13-4-5-16(18(6-13)25(35,36)37)22(39)38-12(2)10-40-11-23(29,30)31/h3-9,12,17H,1,10-11H2,2H3,(H,38,39)/b21-9-/t12-,17-/m1/s1. The summed E-state index contributed by atoms with van der Waals surface area (Å²) in [6.45, 7) is 4.69. The van der Waals surface area contributed by atoms with Gasteiger partial charge in [-0.1, -0.05) is 41.9 Å². The summed E-state index contributed by atoms with van der Waals surface area (Å²) >= 11 is 12.3. The fraction of sp³-hybridized carbons (Fsp3) is 0.320. The molecule has 0 radical (unpaired) electrons. The lowest BCUT2D eigenvalue weighted by Gasteiger charge is -2.20. The van der Waals surface area contributed by atoms with Gasteiger partial charge in [0.05, 0.1) is 16.9 Å². The van der Waals surface area contributed by atoms with Gasteiger partial charge in [-0.15, -0.1) is 0 Å². The minimum atomic E-state index is -5.23. The second kappa shape index (κ2) is 13.1. The van der Waals surface area contributed by atoms with Crippen LogP contribution in [0.2, 0.25) is 10.0 Å². The van der Waals surface area contributed by atoms with E-state index in [0.29, 0.717) is 23.9 Å². The molecule has 15 heteroatoms. The van der Waals surface area contributed by atoms with Gasteiger partial charge in [0.2, 0.25) is 0 Å². The third-order valence-corrected chi connectivity index (χ3v) is 7.08.